The Bertz CT molecular complexity index is 646. The van der Waals surface area contributed by atoms with Gasteiger partial charge in [0.15, 0.2) is 0 Å². The third kappa shape index (κ3) is 5.17. The zero-order valence-corrected chi connectivity index (χ0v) is 16.6. The van der Waals surface area contributed by atoms with Gasteiger partial charge in [-0.1, -0.05) is 0 Å². The number of piperazine rings is 2. The summed E-state index contributed by atoms with van der Waals surface area (Å²) >= 11 is 0. The average Bonchev–Trinajstić information content (AvgIpc) is 2.68. The third-order valence-electron chi connectivity index (χ3n) is 5.69. The Morgan fingerprint density at radius 3 is 2.00 bits per heavy atom. The lowest BCUT2D eigenvalue weighted by Crippen LogP contribution is -2.54. The van der Waals surface area contributed by atoms with Gasteiger partial charge in [-0.15, -0.1) is 0 Å². The molecule has 1 aromatic carbocycles. The molecule has 0 atom stereocenters. The first kappa shape index (κ1) is 20.9. The maximum absolute atomic E-state index is 12.7. The van der Waals surface area contributed by atoms with Gasteiger partial charge in [0.1, 0.15) is 0 Å². The Morgan fingerprint density at radius 2 is 1.50 bits per heavy atom. The molecule has 0 radical (unpaired) electrons. The number of carbonyl (C=O) groups excluding carboxylic acids is 1. The van der Waals surface area contributed by atoms with E-state index in [4.69, 9.17) is 0 Å². The van der Waals surface area contributed by atoms with Crippen LogP contribution in [0.1, 0.15) is 19.4 Å². The fourth-order valence-corrected chi connectivity index (χ4v) is 3.80. The number of hydrogen-bond donors (Lipinski definition) is 0. The van der Waals surface area contributed by atoms with Crippen LogP contribution in [-0.2, 0) is 11.0 Å². The molecule has 0 bridgehead atoms. The number of benzene rings is 1. The van der Waals surface area contributed by atoms with E-state index >= 15 is 0 Å². The van der Waals surface area contributed by atoms with Crippen LogP contribution < -0.4 is 4.90 Å². The van der Waals surface area contributed by atoms with Gasteiger partial charge >= 0.3 is 6.18 Å². The van der Waals surface area contributed by atoms with Gasteiger partial charge in [-0.2, -0.15) is 13.2 Å². The molecular weight excluding hydrogens is 369 g/mol. The van der Waals surface area contributed by atoms with E-state index in [-0.39, 0.29) is 5.91 Å². The minimum Gasteiger partial charge on any atom is -0.369 e. The molecule has 2 saturated heterocycles. The fourth-order valence-electron chi connectivity index (χ4n) is 3.80. The average molecular weight is 398 g/mol. The van der Waals surface area contributed by atoms with Gasteiger partial charge in [-0.3, -0.25) is 14.6 Å². The van der Waals surface area contributed by atoms with E-state index in [0.29, 0.717) is 25.7 Å². The quantitative estimate of drug-likeness (QED) is 0.779. The molecule has 0 N–H and O–H groups in total. The highest BCUT2D eigenvalue weighted by molar-refractivity contribution is 5.78. The van der Waals surface area contributed by atoms with Crippen LogP contribution in [-0.4, -0.2) is 85.6 Å². The normalized spacial score (nSPS) is 20.1. The van der Waals surface area contributed by atoms with Crippen LogP contribution in [0.3, 0.4) is 0 Å². The Balaban J connectivity index is 1.45. The molecule has 2 aliphatic heterocycles. The van der Waals surface area contributed by atoms with Crippen LogP contribution in [0.25, 0.3) is 0 Å². The number of carbonyl (C=O) groups is 1. The highest BCUT2D eigenvalue weighted by atomic mass is 19.4. The first-order chi connectivity index (χ1) is 13.2. The summed E-state index contributed by atoms with van der Waals surface area (Å²) in [4.78, 5) is 21.1. The number of anilines is 1. The molecule has 3 rings (SSSR count). The molecule has 0 unspecified atom stereocenters. The molecule has 0 saturated carbocycles. The van der Waals surface area contributed by atoms with Gasteiger partial charge in [-0.05, 0) is 38.1 Å². The maximum atomic E-state index is 12.7. The molecule has 2 fully saturated rings. The fraction of sp³-hybridized carbons (Fsp3) is 0.650. The topological polar surface area (TPSA) is 30.0 Å². The lowest BCUT2D eigenvalue weighted by Gasteiger charge is -2.39. The Kier molecular flexibility index (Phi) is 6.50. The molecule has 0 aromatic heterocycles. The second-order valence-electron chi connectivity index (χ2n) is 7.82. The second kappa shape index (κ2) is 8.69. The summed E-state index contributed by atoms with van der Waals surface area (Å²) in [6, 6.07) is 5.82. The van der Waals surface area contributed by atoms with E-state index in [9.17, 15) is 18.0 Å². The summed E-state index contributed by atoms with van der Waals surface area (Å²) in [5.74, 6) is 0.173. The number of halogens is 3. The van der Waals surface area contributed by atoms with Crippen molar-refractivity contribution in [3.63, 3.8) is 0 Å². The van der Waals surface area contributed by atoms with Crippen LogP contribution in [0.5, 0.6) is 0 Å². The first-order valence-electron chi connectivity index (χ1n) is 9.90. The Hall–Kier alpha value is -1.80. The van der Waals surface area contributed by atoms with E-state index < -0.39 is 11.7 Å². The largest absolute Gasteiger partial charge is 0.416 e. The second-order valence-corrected chi connectivity index (χ2v) is 7.82. The molecule has 0 spiro atoms. The summed E-state index contributed by atoms with van der Waals surface area (Å²) < 4.78 is 38.1. The number of amides is 1. The summed E-state index contributed by atoms with van der Waals surface area (Å²) in [5, 5.41) is 0. The van der Waals surface area contributed by atoms with Crippen LogP contribution >= 0.6 is 0 Å². The van der Waals surface area contributed by atoms with Crippen molar-refractivity contribution in [3.8, 4) is 0 Å². The van der Waals surface area contributed by atoms with E-state index in [1.54, 1.807) is 0 Å². The standard InChI is InChI=1S/C20H29F3N4O/c1-16(2)25-11-13-27(14-12-25)19(28)15-24-7-9-26(10-8-24)18-5-3-17(4-6-18)20(21,22)23/h3-6,16H,7-15H2,1-2H3. The molecule has 2 heterocycles. The van der Waals surface area contributed by atoms with E-state index in [1.807, 2.05) is 4.90 Å². The van der Waals surface area contributed by atoms with Crippen molar-refractivity contribution in [3.05, 3.63) is 29.8 Å². The summed E-state index contributed by atoms with van der Waals surface area (Å²) in [7, 11) is 0. The van der Waals surface area contributed by atoms with Crippen LogP contribution in [0.4, 0.5) is 18.9 Å². The zero-order valence-electron chi connectivity index (χ0n) is 16.6. The number of alkyl halides is 3. The highest BCUT2D eigenvalue weighted by Gasteiger charge is 2.30. The number of rotatable bonds is 4. The van der Waals surface area contributed by atoms with E-state index in [2.05, 4.69) is 28.5 Å². The van der Waals surface area contributed by atoms with Crippen LogP contribution in [0, 0.1) is 0 Å². The summed E-state index contributed by atoms with van der Waals surface area (Å²) in [5.41, 5.74) is 0.168. The number of nitrogens with zero attached hydrogens (tertiary/aromatic N) is 4. The molecule has 1 aromatic rings. The summed E-state index contributed by atoms with van der Waals surface area (Å²) in [6.45, 7) is 11.1. The molecule has 2 aliphatic rings. The zero-order chi connectivity index (χ0) is 20.3. The molecule has 28 heavy (non-hydrogen) atoms. The van der Waals surface area contributed by atoms with Crippen molar-refractivity contribution in [2.45, 2.75) is 26.1 Å². The van der Waals surface area contributed by atoms with E-state index in [1.165, 1.54) is 12.1 Å². The SMILES string of the molecule is CC(C)N1CCN(C(=O)CN2CCN(c3ccc(C(F)(F)F)cc3)CC2)CC1. The predicted octanol–water partition coefficient (Wildman–Crippen LogP) is 2.38. The van der Waals surface area contributed by atoms with Gasteiger partial charge in [0.2, 0.25) is 5.91 Å². The number of hydrogen-bond acceptors (Lipinski definition) is 4. The van der Waals surface area contributed by atoms with Crippen molar-refractivity contribution in [1.82, 2.24) is 14.7 Å². The minimum atomic E-state index is -4.31. The minimum absolute atomic E-state index is 0.173. The van der Waals surface area contributed by atoms with E-state index in [0.717, 1.165) is 57.1 Å². The van der Waals surface area contributed by atoms with Crippen molar-refractivity contribution < 1.29 is 18.0 Å². The van der Waals surface area contributed by atoms with Crippen LogP contribution in [0.2, 0.25) is 0 Å². The van der Waals surface area contributed by atoms with Gasteiger partial charge < -0.3 is 9.80 Å². The maximum Gasteiger partial charge on any atom is 0.416 e. The van der Waals surface area contributed by atoms with Crippen molar-refractivity contribution in [1.29, 1.82) is 0 Å². The predicted molar refractivity (Wildman–Crippen MR) is 103 cm³/mol. The lowest BCUT2D eigenvalue weighted by atomic mass is 10.1. The van der Waals surface area contributed by atoms with Gasteiger partial charge in [0.05, 0.1) is 12.1 Å². The lowest BCUT2D eigenvalue weighted by molar-refractivity contribution is -0.137. The highest BCUT2D eigenvalue weighted by Crippen LogP contribution is 2.30. The van der Waals surface area contributed by atoms with Gasteiger partial charge in [-0.25, -0.2) is 0 Å². The van der Waals surface area contributed by atoms with Crippen LogP contribution in [0.15, 0.2) is 24.3 Å². The molecule has 0 aliphatic carbocycles. The molecule has 8 heteroatoms. The monoisotopic (exact) mass is 398 g/mol. The molecule has 5 nitrogen and oxygen atoms in total. The van der Waals surface area contributed by atoms with Crippen molar-refractivity contribution in [2.24, 2.45) is 0 Å². The smallest absolute Gasteiger partial charge is 0.369 e. The van der Waals surface area contributed by atoms with Gasteiger partial charge in [0, 0.05) is 64.1 Å². The first-order valence-corrected chi connectivity index (χ1v) is 9.90. The molecular formula is C20H29F3N4O. The molecule has 1 amide bonds. The Morgan fingerprint density at radius 1 is 0.929 bits per heavy atom. The summed E-state index contributed by atoms with van der Waals surface area (Å²) in [6.07, 6.45) is -4.31. The van der Waals surface area contributed by atoms with Crippen molar-refractivity contribution in [2.75, 3.05) is 63.8 Å². The Labute approximate surface area is 164 Å². The van der Waals surface area contributed by atoms with Crippen molar-refractivity contribution >= 4 is 11.6 Å². The third-order valence-corrected chi connectivity index (χ3v) is 5.69. The van der Waals surface area contributed by atoms with Gasteiger partial charge in [0.25, 0.3) is 0 Å². The molecule has 156 valence electrons.